The molecule has 13 heteroatoms. The fourth-order valence-electron chi connectivity index (χ4n) is 4.21. The van der Waals surface area contributed by atoms with Crippen molar-refractivity contribution in [2.45, 2.75) is 12.9 Å². The number of hydrogen-bond acceptors (Lipinski definition) is 9. The lowest BCUT2D eigenvalue weighted by Crippen LogP contribution is -2.41. The molecular formula is C35H41N7O6. The van der Waals surface area contributed by atoms with E-state index in [1.165, 1.54) is 21.8 Å². The highest BCUT2D eigenvalue weighted by molar-refractivity contribution is 6.01. The van der Waals surface area contributed by atoms with Gasteiger partial charge in [0.1, 0.15) is 37.4 Å². The number of nitrogens with zero attached hydrogens (tertiary/aromatic N) is 6. The number of likely N-dealkylation sites (N-methyl/N-ethyl adjacent to an activating group) is 1. The van der Waals surface area contributed by atoms with Crippen LogP contribution >= 0.6 is 0 Å². The second kappa shape index (κ2) is 18.6. The van der Waals surface area contributed by atoms with Crippen LogP contribution in [-0.4, -0.2) is 90.4 Å². The topological polar surface area (TPSA) is 125 Å². The monoisotopic (exact) mass is 655 g/mol. The predicted octanol–water partition coefficient (Wildman–Crippen LogP) is 5.46. The van der Waals surface area contributed by atoms with Gasteiger partial charge in [-0.3, -0.25) is 14.0 Å². The number of amides is 2. The maximum atomic E-state index is 13.2. The number of ether oxygens (including phenoxy) is 4. The van der Waals surface area contributed by atoms with Gasteiger partial charge in [0, 0.05) is 56.9 Å². The number of aromatic nitrogens is 4. The Balaban J connectivity index is 0.000000360. The zero-order chi connectivity index (χ0) is 34.1. The van der Waals surface area contributed by atoms with Gasteiger partial charge in [-0.25, -0.2) is 19.6 Å². The molecule has 0 aliphatic carbocycles. The van der Waals surface area contributed by atoms with Crippen LogP contribution in [0.1, 0.15) is 5.56 Å². The van der Waals surface area contributed by atoms with Gasteiger partial charge in [0.15, 0.2) is 6.29 Å². The molecule has 5 aromatic rings. The number of anilines is 2. The van der Waals surface area contributed by atoms with Crippen LogP contribution in [0.3, 0.4) is 0 Å². The Kier molecular flexibility index (Phi) is 13.7. The van der Waals surface area contributed by atoms with Crippen molar-refractivity contribution in [1.29, 1.82) is 0 Å². The van der Waals surface area contributed by atoms with Crippen LogP contribution < -0.4 is 19.7 Å². The van der Waals surface area contributed by atoms with E-state index in [-0.39, 0.29) is 18.6 Å². The average Bonchev–Trinajstić information content (AvgIpc) is 3.85. The van der Waals surface area contributed by atoms with E-state index in [4.69, 9.17) is 18.9 Å². The summed E-state index contributed by atoms with van der Waals surface area (Å²) in [4.78, 5) is 35.8. The van der Waals surface area contributed by atoms with Gasteiger partial charge in [-0.05, 0) is 68.2 Å². The quantitative estimate of drug-likeness (QED) is 0.165. The highest BCUT2D eigenvalue weighted by atomic mass is 16.7. The minimum absolute atomic E-state index is 0.190. The SMILES string of the molecule is COC(CN(C(=O)Nc1ccc(OCCN(C)C)cc1)c1ccc(OCc2ccccc2)cc1)OC.O=C(n1ccnc1)n1ccnc1. The Morgan fingerprint density at radius 2 is 1.38 bits per heavy atom. The Hall–Kier alpha value is -5.50. The maximum absolute atomic E-state index is 13.2. The van der Waals surface area contributed by atoms with Crippen molar-refractivity contribution < 1.29 is 28.5 Å². The third-order valence-corrected chi connectivity index (χ3v) is 6.86. The van der Waals surface area contributed by atoms with Crippen molar-refractivity contribution in [2.24, 2.45) is 0 Å². The summed E-state index contributed by atoms with van der Waals surface area (Å²) in [7, 11) is 7.08. The zero-order valence-corrected chi connectivity index (χ0v) is 27.5. The molecule has 0 radical (unpaired) electrons. The van der Waals surface area contributed by atoms with Gasteiger partial charge in [-0.15, -0.1) is 0 Å². The molecular weight excluding hydrogens is 614 g/mol. The molecule has 0 bridgehead atoms. The number of carbonyl (C=O) groups is 2. The number of rotatable bonds is 13. The fraction of sp³-hybridized carbons (Fsp3) is 0.257. The van der Waals surface area contributed by atoms with Crippen LogP contribution in [0.5, 0.6) is 11.5 Å². The summed E-state index contributed by atoms with van der Waals surface area (Å²) in [6.45, 7) is 2.08. The van der Waals surface area contributed by atoms with Gasteiger partial charge in [0.05, 0.1) is 6.54 Å². The molecule has 1 N–H and O–H groups in total. The van der Waals surface area contributed by atoms with Crippen molar-refractivity contribution in [1.82, 2.24) is 24.0 Å². The molecule has 252 valence electrons. The average molecular weight is 656 g/mol. The van der Waals surface area contributed by atoms with Crippen LogP contribution in [0.25, 0.3) is 0 Å². The van der Waals surface area contributed by atoms with Gasteiger partial charge in [0.25, 0.3) is 0 Å². The van der Waals surface area contributed by atoms with E-state index in [2.05, 4.69) is 20.2 Å². The first-order chi connectivity index (χ1) is 23.4. The molecule has 0 fully saturated rings. The van der Waals surface area contributed by atoms with Crippen molar-refractivity contribution in [3.05, 3.63) is 122 Å². The molecule has 2 heterocycles. The normalized spacial score (nSPS) is 10.7. The van der Waals surface area contributed by atoms with E-state index in [0.29, 0.717) is 30.3 Å². The van der Waals surface area contributed by atoms with Crippen molar-refractivity contribution in [3.63, 3.8) is 0 Å². The first kappa shape index (κ1) is 35.4. The smallest absolute Gasteiger partial charge is 0.338 e. The van der Waals surface area contributed by atoms with Crippen molar-refractivity contribution in [2.75, 3.05) is 58.2 Å². The highest BCUT2D eigenvalue weighted by Gasteiger charge is 2.21. The Bertz CT molecular complexity index is 1590. The lowest BCUT2D eigenvalue weighted by atomic mass is 10.2. The molecule has 0 spiro atoms. The van der Waals surface area contributed by atoms with Crippen molar-refractivity contribution >= 4 is 23.4 Å². The largest absolute Gasteiger partial charge is 0.492 e. The number of hydrogen-bond donors (Lipinski definition) is 1. The van der Waals surface area contributed by atoms with E-state index in [0.717, 1.165) is 17.9 Å². The number of imidazole rings is 2. The van der Waals surface area contributed by atoms with Gasteiger partial charge in [-0.2, -0.15) is 0 Å². The first-order valence-electron chi connectivity index (χ1n) is 15.2. The van der Waals surface area contributed by atoms with Gasteiger partial charge in [-0.1, -0.05) is 30.3 Å². The summed E-state index contributed by atoms with van der Waals surface area (Å²) in [6, 6.07) is 24.1. The van der Waals surface area contributed by atoms with Crippen LogP contribution in [0, 0.1) is 0 Å². The number of urea groups is 1. The molecule has 48 heavy (non-hydrogen) atoms. The van der Waals surface area contributed by atoms with Crippen LogP contribution in [-0.2, 0) is 16.1 Å². The summed E-state index contributed by atoms with van der Waals surface area (Å²) < 4.78 is 25.0. The molecule has 2 aromatic heterocycles. The first-order valence-corrected chi connectivity index (χ1v) is 15.2. The Morgan fingerprint density at radius 1 is 0.792 bits per heavy atom. The predicted molar refractivity (Wildman–Crippen MR) is 183 cm³/mol. The Morgan fingerprint density at radius 3 is 1.92 bits per heavy atom. The fourth-order valence-corrected chi connectivity index (χ4v) is 4.21. The van der Waals surface area contributed by atoms with E-state index in [1.54, 1.807) is 43.9 Å². The van der Waals surface area contributed by atoms with Crippen LogP contribution in [0.4, 0.5) is 21.0 Å². The number of methoxy groups -OCH3 is 2. The third kappa shape index (κ3) is 11.1. The number of nitrogens with one attached hydrogen (secondary N) is 1. The molecule has 0 saturated heterocycles. The molecule has 3 aromatic carbocycles. The zero-order valence-electron chi connectivity index (χ0n) is 27.5. The summed E-state index contributed by atoms with van der Waals surface area (Å²) in [5.74, 6) is 1.46. The van der Waals surface area contributed by atoms with Crippen molar-refractivity contribution in [3.8, 4) is 11.5 Å². The molecule has 0 saturated carbocycles. The second-order valence-corrected chi connectivity index (χ2v) is 10.6. The summed E-state index contributed by atoms with van der Waals surface area (Å²) in [5.41, 5.74) is 2.42. The second-order valence-electron chi connectivity index (χ2n) is 10.6. The summed E-state index contributed by atoms with van der Waals surface area (Å²) >= 11 is 0. The van der Waals surface area contributed by atoms with Gasteiger partial charge < -0.3 is 29.2 Å². The molecule has 2 amide bonds. The van der Waals surface area contributed by atoms with E-state index in [9.17, 15) is 9.59 Å². The third-order valence-electron chi connectivity index (χ3n) is 6.86. The van der Waals surface area contributed by atoms with E-state index < -0.39 is 6.29 Å². The number of carbonyl (C=O) groups excluding carboxylic acids is 2. The lowest BCUT2D eigenvalue weighted by molar-refractivity contribution is -0.0938. The van der Waals surface area contributed by atoms with Crippen LogP contribution in [0.15, 0.2) is 116 Å². The van der Waals surface area contributed by atoms with E-state index >= 15 is 0 Å². The van der Waals surface area contributed by atoms with Gasteiger partial charge >= 0.3 is 12.1 Å². The lowest BCUT2D eigenvalue weighted by Gasteiger charge is -2.27. The minimum atomic E-state index is -0.586. The molecule has 5 rings (SSSR count). The molecule has 0 atom stereocenters. The van der Waals surface area contributed by atoms with Crippen LogP contribution in [0.2, 0.25) is 0 Å². The number of benzene rings is 3. The Labute approximate surface area is 280 Å². The molecule has 0 aliphatic heterocycles. The standard InChI is InChI=1S/C28H35N3O5.C7H6N4O/c1-30(2)18-19-35-25-14-10-23(11-15-25)29-28(32)31(20-27(33-3)34-4)24-12-16-26(17-13-24)36-21-22-8-6-5-7-9-22;12-7(10-3-1-8-5-10)11-4-2-9-6-11/h5-17,27H,18-21H2,1-4H3,(H,29,32);1-6H. The van der Waals surface area contributed by atoms with E-state index in [1.807, 2.05) is 93.0 Å². The van der Waals surface area contributed by atoms with Gasteiger partial charge in [0.2, 0.25) is 0 Å². The molecule has 13 nitrogen and oxygen atoms in total. The molecule has 0 aliphatic rings. The highest BCUT2D eigenvalue weighted by Crippen LogP contribution is 2.23. The summed E-state index contributed by atoms with van der Waals surface area (Å²) in [6.07, 6.45) is 8.58. The minimum Gasteiger partial charge on any atom is -0.492 e. The maximum Gasteiger partial charge on any atom is 0.338 e. The summed E-state index contributed by atoms with van der Waals surface area (Å²) in [5, 5.41) is 2.94. The molecule has 0 unspecified atom stereocenters.